The number of likely N-dealkylation sites (N-methyl/N-ethyl adjacent to an activating group) is 1. The zero-order valence-electron chi connectivity index (χ0n) is 12.4. The number of carbonyl (C=O) groups excluding carboxylic acids is 1. The van der Waals surface area contributed by atoms with Gasteiger partial charge in [0, 0.05) is 6.04 Å². The average molecular weight is 276 g/mol. The van der Waals surface area contributed by atoms with Gasteiger partial charge in [-0.05, 0) is 52.0 Å². The molecule has 1 aromatic rings. The van der Waals surface area contributed by atoms with E-state index in [1.54, 1.807) is 0 Å². The number of nitrogens with zero attached hydrogens (tertiary/aromatic N) is 1. The quantitative estimate of drug-likeness (QED) is 0.806. The summed E-state index contributed by atoms with van der Waals surface area (Å²) in [6.07, 6.45) is 2.22. The van der Waals surface area contributed by atoms with Crippen LogP contribution in [-0.4, -0.2) is 50.0 Å². The minimum Gasteiger partial charge on any atom is -0.493 e. The first-order valence-electron chi connectivity index (χ1n) is 7.38. The van der Waals surface area contributed by atoms with Gasteiger partial charge in [0.15, 0.2) is 5.78 Å². The molecule has 1 aliphatic heterocycles. The number of ketones is 1. The van der Waals surface area contributed by atoms with Crippen molar-refractivity contribution in [2.24, 2.45) is 0 Å². The number of rotatable bonds is 6. The lowest BCUT2D eigenvalue weighted by atomic mass is 10.0. The average Bonchev–Trinajstić information content (AvgIpc) is 2.49. The standard InChI is InChI=1S/C16H24N2O2/c1-3-20-16-7-5-4-6-14(16)15(19)12-18(2)13-8-10-17-11-9-13/h4-7,13,17H,3,8-12H2,1-2H3. The Kier molecular flexibility index (Phi) is 5.56. The van der Waals surface area contributed by atoms with E-state index < -0.39 is 0 Å². The zero-order valence-corrected chi connectivity index (χ0v) is 12.4. The van der Waals surface area contributed by atoms with Crippen molar-refractivity contribution in [1.29, 1.82) is 0 Å². The molecule has 0 spiro atoms. The van der Waals surface area contributed by atoms with Crippen LogP contribution in [0.5, 0.6) is 5.75 Å². The van der Waals surface area contributed by atoms with E-state index in [1.165, 1.54) is 0 Å². The van der Waals surface area contributed by atoms with Crippen molar-refractivity contribution in [3.05, 3.63) is 29.8 Å². The summed E-state index contributed by atoms with van der Waals surface area (Å²) in [5.41, 5.74) is 0.690. The van der Waals surface area contributed by atoms with Crippen LogP contribution in [0.3, 0.4) is 0 Å². The predicted molar refractivity (Wildman–Crippen MR) is 80.5 cm³/mol. The molecule has 0 radical (unpaired) electrons. The maximum absolute atomic E-state index is 12.5. The molecule has 1 heterocycles. The summed E-state index contributed by atoms with van der Waals surface area (Å²) in [6.45, 7) is 5.04. The van der Waals surface area contributed by atoms with Gasteiger partial charge in [0.05, 0.1) is 18.7 Å². The number of para-hydroxylation sites is 1. The molecule has 0 amide bonds. The fourth-order valence-electron chi connectivity index (χ4n) is 2.67. The third-order valence-corrected chi connectivity index (χ3v) is 3.81. The Balaban J connectivity index is 2.00. The highest BCUT2D eigenvalue weighted by Gasteiger charge is 2.21. The molecule has 0 atom stereocenters. The second-order valence-corrected chi connectivity index (χ2v) is 5.25. The third-order valence-electron chi connectivity index (χ3n) is 3.81. The molecular weight excluding hydrogens is 252 g/mol. The van der Waals surface area contributed by atoms with Crippen LogP contribution < -0.4 is 10.1 Å². The highest BCUT2D eigenvalue weighted by molar-refractivity contribution is 6.00. The largest absolute Gasteiger partial charge is 0.493 e. The molecule has 1 fully saturated rings. The summed E-state index contributed by atoms with van der Waals surface area (Å²) in [4.78, 5) is 14.6. The molecule has 110 valence electrons. The molecule has 1 N–H and O–H groups in total. The SMILES string of the molecule is CCOc1ccccc1C(=O)CN(C)C1CCNCC1. The topological polar surface area (TPSA) is 41.6 Å². The molecule has 0 bridgehead atoms. The van der Waals surface area contributed by atoms with Crippen molar-refractivity contribution in [1.82, 2.24) is 10.2 Å². The maximum Gasteiger partial charge on any atom is 0.180 e. The van der Waals surface area contributed by atoms with Crippen LogP contribution in [0.2, 0.25) is 0 Å². The van der Waals surface area contributed by atoms with Gasteiger partial charge >= 0.3 is 0 Å². The molecule has 0 aliphatic carbocycles. The zero-order chi connectivity index (χ0) is 14.4. The Morgan fingerprint density at radius 1 is 1.35 bits per heavy atom. The van der Waals surface area contributed by atoms with E-state index in [2.05, 4.69) is 10.2 Å². The second-order valence-electron chi connectivity index (χ2n) is 5.25. The molecule has 4 nitrogen and oxygen atoms in total. The van der Waals surface area contributed by atoms with Gasteiger partial charge < -0.3 is 10.1 Å². The number of piperidine rings is 1. The number of carbonyl (C=O) groups is 1. The first kappa shape index (κ1) is 15.0. The molecule has 1 aliphatic rings. The molecule has 2 rings (SSSR count). The molecular formula is C16H24N2O2. The lowest BCUT2D eigenvalue weighted by Crippen LogP contribution is -2.43. The Labute approximate surface area is 121 Å². The van der Waals surface area contributed by atoms with E-state index in [0.717, 1.165) is 25.9 Å². The lowest BCUT2D eigenvalue weighted by Gasteiger charge is -2.31. The van der Waals surface area contributed by atoms with E-state index in [1.807, 2.05) is 38.2 Å². The minimum atomic E-state index is 0.134. The maximum atomic E-state index is 12.5. The van der Waals surface area contributed by atoms with Crippen molar-refractivity contribution in [2.45, 2.75) is 25.8 Å². The highest BCUT2D eigenvalue weighted by atomic mass is 16.5. The van der Waals surface area contributed by atoms with Gasteiger partial charge in [-0.3, -0.25) is 9.69 Å². The fraction of sp³-hybridized carbons (Fsp3) is 0.562. The van der Waals surface area contributed by atoms with Crippen molar-refractivity contribution in [3.8, 4) is 5.75 Å². The molecule has 0 unspecified atom stereocenters. The van der Waals surface area contributed by atoms with Gasteiger partial charge in [-0.1, -0.05) is 12.1 Å². The fourth-order valence-corrected chi connectivity index (χ4v) is 2.67. The first-order valence-corrected chi connectivity index (χ1v) is 7.38. The Hall–Kier alpha value is -1.39. The van der Waals surface area contributed by atoms with Crippen molar-refractivity contribution in [3.63, 3.8) is 0 Å². The van der Waals surface area contributed by atoms with E-state index in [9.17, 15) is 4.79 Å². The van der Waals surface area contributed by atoms with Crippen LogP contribution in [0.15, 0.2) is 24.3 Å². The van der Waals surface area contributed by atoms with Gasteiger partial charge in [-0.2, -0.15) is 0 Å². The number of Topliss-reactive ketones (excluding diaryl/α,β-unsaturated/α-hetero) is 1. The van der Waals surface area contributed by atoms with Gasteiger partial charge in [0.1, 0.15) is 5.75 Å². The Morgan fingerprint density at radius 3 is 2.75 bits per heavy atom. The van der Waals surface area contributed by atoms with Crippen LogP contribution >= 0.6 is 0 Å². The number of hydrogen-bond donors (Lipinski definition) is 1. The van der Waals surface area contributed by atoms with E-state index in [-0.39, 0.29) is 5.78 Å². The smallest absolute Gasteiger partial charge is 0.180 e. The first-order chi connectivity index (χ1) is 9.72. The highest BCUT2D eigenvalue weighted by Crippen LogP contribution is 2.19. The number of hydrogen-bond acceptors (Lipinski definition) is 4. The van der Waals surface area contributed by atoms with Crippen molar-refractivity contribution < 1.29 is 9.53 Å². The minimum absolute atomic E-state index is 0.134. The Bertz CT molecular complexity index is 442. The van der Waals surface area contributed by atoms with E-state index in [4.69, 9.17) is 4.74 Å². The molecule has 4 heteroatoms. The number of ether oxygens (including phenoxy) is 1. The van der Waals surface area contributed by atoms with Crippen molar-refractivity contribution >= 4 is 5.78 Å². The summed E-state index contributed by atoms with van der Waals surface area (Å²) < 4.78 is 5.54. The van der Waals surface area contributed by atoms with Crippen LogP contribution in [0, 0.1) is 0 Å². The number of nitrogens with one attached hydrogen (secondary N) is 1. The molecule has 20 heavy (non-hydrogen) atoms. The normalized spacial score (nSPS) is 16.4. The summed E-state index contributed by atoms with van der Waals surface area (Å²) in [7, 11) is 2.04. The Morgan fingerprint density at radius 2 is 2.05 bits per heavy atom. The van der Waals surface area contributed by atoms with Crippen LogP contribution in [-0.2, 0) is 0 Å². The summed E-state index contributed by atoms with van der Waals surface area (Å²) in [5, 5.41) is 3.35. The van der Waals surface area contributed by atoms with Crippen LogP contribution in [0.1, 0.15) is 30.1 Å². The number of benzene rings is 1. The third kappa shape index (κ3) is 3.81. The van der Waals surface area contributed by atoms with E-state index >= 15 is 0 Å². The van der Waals surface area contributed by atoms with Crippen molar-refractivity contribution in [2.75, 3.05) is 33.3 Å². The monoisotopic (exact) mass is 276 g/mol. The van der Waals surface area contributed by atoms with E-state index in [0.29, 0.717) is 30.5 Å². The van der Waals surface area contributed by atoms with Gasteiger partial charge in [-0.25, -0.2) is 0 Å². The predicted octanol–water partition coefficient (Wildman–Crippen LogP) is 1.95. The summed E-state index contributed by atoms with van der Waals surface area (Å²) in [6, 6.07) is 8.00. The summed E-state index contributed by atoms with van der Waals surface area (Å²) >= 11 is 0. The molecule has 1 aromatic carbocycles. The van der Waals surface area contributed by atoms with Gasteiger partial charge in [0.2, 0.25) is 0 Å². The van der Waals surface area contributed by atoms with Crippen LogP contribution in [0.25, 0.3) is 0 Å². The van der Waals surface area contributed by atoms with Gasteiger partial charge in [-0.15, -0.1) is 0 Å². The van der Waals surface area contributed by atoms with Gasteiger partial charge in [0.25, 0.3) is 0 Å². The lowest BCUT2D eigenvalue weighted by molar-refractivity contribution is 0.0900. The summed E-state index contributed by atoms with van der Waals surface area (Å²) in [5.74, 6) is 0.828. The second kappa shape index (κ2) is 7.41. The van der Waals surface area contributed by atoms with Crippen LogP contribution in [0.4, 0.5) is 0 Å². The molecule has 0 saturated carbocycles. The molecule has 1 saturated heterocycles. The molecule has 0 aromatic heterocycles.